The molecule has 2 rings (SSSR count). The van der Waals surface area contributed by atoms with E-state index >= 15 is 0 Å². The second-order valence-electron chi connectivity index (χ2n) is 3.99. The average Bonchev–Trinajstić information content (AvgIpc) is 2.71. The van der Waals surface area contributed by atoms with Gasteiger partial charge >= 0.3 is 0 Å². The Morgan fingerprint density at radius 2 is 2.28 bits per heavy atom. The molecule has 0 aliphatic rings. The normalized spacial score (nSPS) is 12.7. The van der Waals surface area contributed by atoms with Crippen molar-refractivity contribution in [1.82, 2.24) is 10.4 Å². The Hall–Kier alpha value is -0.820. The van der Waals surface area contributed by atoms with Crippen molar-refractivity contribution in [1.29, 1.82) is 0 Å². The van der Waals surface area contributed by atoms with Crippen LogP contribution in [0, 0.1) is 12.7 Å². The molecule has 1 heterocycles. The van der Waals surface area contributed by atoms with E-state index in [-0.39, 0.29) is 11.9 Å². The Bertz CT molecular complexity index is 524. The van der Waals surface area contributed by atoms with Crippen molar-refractivity contribution >= 4 is 27.3 Å². The summed E-state index contributed by atoms with van der Waals surface area (Å²) in [5.74, 6) is 5.29. The quantitative estimate of drug-likeness (QED) is 0.669. The molecule has 2 aromatic rings. The highest BCUT2D eigenvalue weighted by Gasteiger charge is 2.14. The molecule has 3 nitrogen and oxygen atoms in total. The molecule has 0 saturated carbocycles. The number of nitrogens with one attached hydrogen (secondary N) is 1. The van der Waals surface area contributed by atoms with Gasteiger partial charge in [0.05, 0.1) is 16.7 Å². The zero-order chi connectivity index (χ0) is 13.1. The minimum atomic E-state index is -0.260. The zero-order valence-electron chi connectivity index (χ0n) is 9.78. The molecule has 0 aliphatic carbocycles. The molecule has 1 unspecified atom stereocenters. The fraction of sp³-hybridized carbons (Fsp3) is 0.250. The van der Waals surface area contributed by atoms with Crippen LogP contribution in [0.2, 0.25) is 0 Å². The van der Waals surface area contributed by atoms with Crippen LogP contribution >= 0.6 is 27.3 Å². The molecule has 0 amide bonds. The summed E-state index contributed by atoms with van der Waals surface area (Å²) >= 11 is 4.85. The van der Waals surface area contributed by atoms with Gasteiger partial charge in [-0.25, -0.2) is 9.37 Å². The number of aryl methyl sites for hydroxylation is 1. The Kier molecular flexibility index (Phi) is 4.45. The van der Waals surface area contributed by atoms with Crippen LogP contribution < -0.4 is 11.3 Å². The van der Waals surface area contributed by atoms with E-state index < -0.39 is 0 Å². The maximum absolute atomic E-state index is 13.3. The summed E-state index contributed by atoms with van der Waals surface area (Å²) in [4.78, 5) is 4.39. The van der Waals surface area contributed by atoms with E-state index in [0.29, 0.717) is 6.42 Å². The summed E-state index contributed by atoms with van der Waals surface area (Å²) in [6.07, 6.45) is 0.593. The van der Waals surface area contributed by atoms with Gasteiger partial charge in [-0.05, 0) is 37.1 Å². The number of hydrazine groups is 1. The minimum absolute atomic E-state index is 0.108. The van der Waals surface area contributed by atoms with Crippen molar-refractivity contribution in [2.45, 2.75) is 19.4 Å². The summed E-state index contributed by atoms with van der Waals surface area (Å²) in [6, 6.07) is 4.71. The van der Waals surface area contributed by atoms with Gasteiger partial charge in [-0.2, -0.15) is 0 Å². The van der Waals surface area contributed by atoms with Gasteiger partial charge < -0.3 is 0 Å². The van der Waals surface area contributed by atoms with Gasteiger partial charge in [0.1, 0.15) is 5.82 Å². The number of halogens is 2. The fourth-order valence-corrected chi connectivity index (χ4v) is 2.93. The topological polar surface area (TPSA) is 50.9 Å². The summed E-state index contributed by atoms with van der Waals surface area (Å²) in [6.45, 7) is 1.94. The molecule has 0 fully saturated rings. The molecule has 1 aromatic heterocycles. The van der Waals surface area contributed by atoms with Gasteiger partial charge in [0.2, 0.25) is 0 Å². The lowest BCUT2D eigenvalue weighted by Gasteiger charge is -2.14. The van der Waals surface area contributed by atoms with Gasteiger partial charge in [-0.1, -0.05) is 15.9 Å². The second kappa shape index (κ2) is 5.88. The molecule has 18 heavy (non-hydrogen) atoms. The van der Waals surface area contributed by atoms with E-state index in [1.54, 1.807) is 11.3 Å². The number of nitrogens with zero attached hydrogens (tertiary/aromatic N) is 1. The molecule has 0 spiro atoms. The van der Waals surface area contributed by atoms with Crippen molar-refractivity contribution in [2.24, 2.45) is 5.84 Å². The number of hydrogen-bond donors (Lipinski definition) is 2. The zero-order valence-corrected chi connectivity index (χ0v) is 12.2. The maximum atomic E-state index is 13.3. The van der Waals surface area contributed by atoms with Gasteiger partial charge in [-0.15, -0.1) is 11.3 Å². The Morgan fingerprint density at radius 1 is 1.50 bits per heavy atom. The third-order valence-corrected chi connectivity index (χ3v) is 3.81. The highest BCUT2D eigenvalue weighted by Crippen LogP contribution is 2.22. The first-order valence-electron chi connectivity index (χ1n) is 5.41. The number of nitrogens with two attached hydrogens (primary N) is 1. The first kappa shape index (κ1) is 13.6. The lowest BCUT2D eigenvalue weighted by molar-refractivity contribution is 0.537. The highest BCUT2D eigenvalue weighted by atomic mass is 79.9. The van der Waals surface area contributed by atoms with Crippen molar-refractivity contribution in [3.63, 3.8) is 0 Å². The molecular weight excluding hydrogens is 317 g/mol. The van der Waals surface area contributed by atoms with Crippen LogP contribution in [0.5, 0.6) is 0 Å². The number of benzene rings is 1. The number of aromatic nitrogens is 1. The predicted octanol–water partition coefficient (Wildman–Crippen LogP) is 3.10. The van der Waals surface area contributed by atoms with Crippen LogP contribution in [0.1, 0.15) is 22.3 Å². The maximum Gasteiger partial charge on any atom is 0.124 e. The fourth-order valence-electron chi connectivity index (χ4n) is 1.75. The third kappa shape index (κ3) is 3.35. The molecular formula is C12H13BrFN3S. The van der Waals surface area contributed by atoms with Crippen LogP contribution in [0.25, 0.3) is 0 Å². The van der Waals surface area contributed by atoms with E-state index in [1.165, 1.54) is 12.1 Å². The molecule has 0 bridgehead atoms. The number of thiazole rings is 1. The standard InChI is InChI=1S/C12H13BrFN3S/c1-7-16-12(6-18-7)11(17-15)4-8-2-9(13)5-10(14)3-8/h2-3,5-6,11,17H,4,15H2,1H3. The molecule has 6 heteroatoms. The molecule has 1 aromatic carbocycles. The summed E-state index contributed by atoms with van der Waals surface area (Å²) < 4.78 is 14.0. The Balaban J connectivity index is 2.20. The molecule has 0 aliphatic heterocycles. The number of rotatable bonds is 4. The van der Waals surface area contributed by atoms with Crippen molar-refractivity contribution in [2.75, 3.05) is 0 Å². The molecule has 96 valence electrons. The van der Waals surface area contributed by atoms with E-state index in [4.69, 9.17) is 5.84 Å². The number of hydrogen-bond acceptors (Lipinski definition) is 4. The summed E-state index contributed by atoms with van der Waals surface area (Å²) in [5.41, 5.74) is 4.49. The van der Waals surface area contributed by atoms with E-state index in [2.05, 4.69) is 26.3 Å². The largest absolute Gasteiger partial charge is 0.271 e. The summed E-state index contributed by atoms with van der Waals surface area (Å²) in [5, 5.41) is 2.96. The summed E-state index contributed by atoms with van der Waals surface area (Å²) in [7, 11) is 0. The van der Waals surface area contributed by atoms with Gasteiger partial charge in [-0.3, -0.25) is 11.3 Å². The highest BCUT2D eigenvalue weighted by molar-refractivity contribution is 9.10. The first-order valence-corrected chi connectivity index (χ1v) is 7.09. The first-order chi connectivity index (χ1) is 8.58. The molecule has 0 radical (unpaired) electrons. The predicted molar refractivity (Wildman–Crippen MR) is 74.7 cm³/mol. The SMILES string of the molecule is Cc1nc(C(Cc2cc(F)cc(Br)c2)NN)cs1. The Labute approximate surface area is 117 Å². The van der Waals surface area contributed by atoms with Crippen molar-refractivity contribution in [3.8, 4) is 0 Å². The van der Waals surface area contributed by atoms with Crippen molar-refractivity contribution < 1.29 is 4.39 Å². The lowest BCUT2D eigenvalue weighted by atomic mass is 10.0. The lowest BCUT2D eigenvalue weighted by Crippen LogP contribution is -2.29. The minimum Gasteiger partial charge on any atom is -0.271 e. The van der Waals surface area contributed by atoms with Crippen LogP contribution in [-0.2, 0) is 6.42 Å². The molecule has 0 saturated heterocycles. The Morgan fingerprint density at radius 3 is 2.83 bits per heavy atom. The van der Waals surface area contributed by atoms with Crippen LogP contribution in [0.15, 0.2) is 28.1 Å². The molecule has 1 atom stereocenters. The second-order valence-corrected chi connectivity index (χ2v) is 5.97. The van der Waals surface area contributed by atoms with Crippen LogP contribution in [-0.4, -0.2) is 4.98 Å². The molecule has 3 N–H and O–H groups in total. The van der Waals surface area contributed by atoms with Crippen molar-refractivity contribution in [3.05, 3.63) is 50.1 Å². The van der Waals surface area contributed by atoms with E-state index in [1.807, 2.05) is 18.4 Å². The van der Waals surface area contributed by atoms with E-state index in [0.717, 1.165) is 20.7 Å². The average molecular weight is 330 g/mol. The smallest absolute Gasteiger partial charge is 0.124 e. The van der Waals surface area contributed by atoms with Gasteiger partial charge in [0, 0.05) is 9.85 Å². The third-order valence-electron chi connectivity index (χ3n) is 2.56. The van der Waals surface area contributed by atoms with Crippen LogP contribution in [0.3, 0.4) is 0 Å². The van der Waals surface area contributed by atoms with E-state index in [9.17, 15) is 4.39 Å². The van der Waals surface area contributed by atoms with Crippen LogP contribution in [0.4, 0.5) is 4.39 Å². The van der Waals surface area contributed by atoms with Gasteiger partial charge in [0.15, 0.2) is 0 Å². The monoisotopic (exact) mass is 329 g/mol. The van der Waals surface area contributed by atoms with Gasteiger partial charge in [0.25, 0.3) is 0 Å².